The van der Waals surface area contributed by atoms with Gasteiger partial charge in [-0.2, -0.15) is 5.10 Å². The van der Waals surface area contributed by atoms with Crippen LogP contribution in [0.5, 0.6) is 5.75 Å². The van der Waals surface area contributed by atoms with Crippen LogP contribution in [-0.4, -0.2) is 51.9 Å². The molecule has 1 amide bonds. The molecule has 0 saturated carbocycles. The fourth-order valence-corrected chi connectivity index (χ4v) is 2.08. The number of ether oxygens (including phenoxy) is 1. The third kappa shape index (κ3) is 4.34. The Morgan fingerprint density at radius 2 is 2.00 bits per heavy atom. The molecule has 0 bridgehead atoms. The summed E-state index contributed by atoms with van der Waals surface area (Å²) in [6.45, 7) is 2.56. The molecule has 7 heteroatoms. The van der Waals surface area contributed by atoms with Crippen molar-refractivity contribution in [1.29, 1.82) is 0 Å². The van der Waals surface area contributed by atoms with Crippen molar-refractivity contribution < 1.29 is 19.4 Å². The van der Waals surface area contributed by atoms with Crippen LogP contribution in [0.4, 0.5) is 0 Å². The van der Waals surface area contributed by atoms with Gasteiger partial charge in [-0.1, -0.05) is 25.1 Å². The van der Waals surface area contributed by atoms with E-state index < -0.39 is 5.97 Å². The van der Waals surface area contributed by atoms with Crippen molar-refractivity contribution >= 4 is 11.9 Å². The number of benzene rings is 1. The smallest absolute Gasteiger partial charge is 0.305 e. The minimum absolute atomic E-state index is 0.111. The number of rotatable bonds is 8. The number of aliphatic carboxylic acids is 1. The van der Waals surface area contributed by atoms with E-state index in [1.54, 1.807) is 17.9 Å². The van der Waals surface area contributed by atoms with Crippen molar-refractivity contribution in [3.8, 4) is 11.4 Å². The first kappa shape index (κ1) is 17.5. The van der Waals surface area contributed by atoms with Crippen LogP contribution in [-0.2, 0) is 4.79 Å². The second-order valence-electron chi connectivity index (χ2n) is 5.34. The first-order chi connectivity index (χ1) is 11.5. The Bertz CT molecular complexity index is 697. The van der Waals surface area contributed by atoms with E-state index in [9.17, 15) is 9.59 Å². The summed E-state index contributed by atoms with van der Waals surface area (Å²) in [5.41, 5.74) is 0.992. The normalized spacial score (nSPS) is 10.4. The topological polar surface area (TPSA) is 84.7 Å². The number of amides is 1. The van der Waals surface area contributed by atoms with Crippen molar-refractivity contribution in [3.63, 3.8) is 0 Å². The molecule has 128 valence electrons. The Balaban J connectivity index is 2.27. The van der Waals surface area contributed by atoms with E-state index in [1.165, 1.54) is 4.90 Å². The third-order valence-electron chi connectivity index (χ3n) is 3.37. The summed E-state index contributed by atoms with van der Waals surface area (Å²) < 4.78 is 7.22. The Morgan fingerprint density at radius 3 is 2.62 bits per heavy atom. The van der Waals surface area contributed by atoms with Crippen molar-refractivity contribution in [3.05, 3.63) is 42.2 Å². The van der Waals surface area contributed by atoms with Gasteiger partial charge in [0.1, 0.15) is 0 Å². The summed E-state index contributed by atoms with van der Waals surface area (Å²) in [5.74, 6) is -0.920. The van der Waals surface area contributed by atoms with Gasteiger partial charge < -0.3 is 14.7 Å². The Kier molecular flexibility index (Phi) is 5.95. The molecule has 0 aliphatic carbocycles. The molecule has 0 aliphatic rings. The molecule has 0 radical (unpaired) electrons. The zero-order valence-corrected chi connectivity index (χ0v) is 13.8. The number of hydrogen-bond acceptors (Lipinski definition) is 4. The first-order valence-corrected chi connectivity index (χ1v) is 7.78. The molecule has 1 N–H and O–H groups in total. The molecule has 2 rings (SSSR count). The third-order valence-corrected chi connectivity index (χ3v) is 3.37. The molecule has 2 aromatic rings. The fourth-order valence-electron chi connectivity index (χ4n) is 2.08. The molecule has 1 heterocycles. The highest BCUT2D eigenvalue weighted by atomic mass is 16.5. The number of nitrogens with zero attached hydrogens (tertiary/aromatic N) is 3. The van der Waals surface area contributed by atoms with Crippen LogP contribution in [0, 0.1) is 0 Å². The Hall–Kier alpha value is -2.83. The highest BCUT2D eigenvalue weighted by Crippen LogP contribution is 2.21. The van der Waals surface area contributed by atoms with Crippen molar-refractivity contribution in [2.24, 2.45) is 0 Å². The lowest BCUT2D eigenvalue weighted by atomic mass is 10.3. The lowest BCUT2D eigenvalue weighted by Crippen LogP contribution is -2.29. The average molecular weight is 331 g/mol. The van der Waals surface area contributed by atoms with Gasteiger partial charge in [0.25, 0.3) is 5.91 Å². The molecule has 24 heavy (non-hydrogen) atoms. The van der Waals surface area contributed by atoms with E-state index in [4.69, 9.17) is 9.84 Å². The van der Waals surface area contributed by atoms with Gasteiger partial charge in [-0.3, -0.25) is 9.59 Å². The second kappa shape index (κ2) is 8.14. The van der Waals surface area contributed by atoms with E-state index in [0.29, 0.717) is 12.4 Å². The fraction of sp³-hybridized carbons (Fsp3) is 0.353. The number of hydrogen-bond donors (Lipinski definition) is 1. The monoisotopic (exact) mass is 331 g/mol. The van der Waals surface area contributed by atoms with Crippen LogP contribution in [0.1, 0.15) is 30.3 Å². The Labute approximate surface area is 140 Å². The summed E-state index contributed by atoms with van der Waals surface area (Å²) >= 11 is 0. The van der Waals surface area contributed by atoms with Crippen LogP contribution in [0.3, 0.4) is 0 Å². The van der Waals surface area contributed by atoms with Crippen molar-refractivity contribution in [2.75, 3.05) is 20.2 Å². The van der Waals surface area contributed by atoms with Crippen LogP contribution in [0.2, 0.25) is 0 Å². The number of aromatic nitrogens is 2. The Morgan fingerprint density at radius 1 is 1.29 bits per heavy atom. The van der Waals surface area contributed by atoms with Crippen molar-refractivity contribution in [1.82, 2.24) is 14.7 Å². The molecule has 0 spiro atoms. The van der Waals surface area contributed by atoms with Crippen LogP contribution in [0.25, 0.3) is 5.69 Å². The molecule has 0 fully saturated rings. The standard InChI is InChI=1S/C17H21N3O4/c1-3-11-24-14-12-20(13-7-5-4-6-8-13)18-16(14)17(23)19(2)10-9-15(21)22/h4-8,12H,3,9-11H2,1-2H3,(H,21,22). The molecular formula is C17H21N3O4. The maximum absolute atomic E-state index is 12.6. The van der Waals surface area contributed by atoms with E-state index in [2.05, 4.69) is 5.10 Å². The van der Waals surface area contributed by atoms with Gasteiger partial charge in [0, 0.05) is 13.6 Å². The van der Waals surface area contributed by atoms with E-state index in [-0.39, 0.29) is 24.6 Å². The molecule has 1 aromatic heterocycles. The summed E-state index contributed by atoms with van der Waals surface area (Å²) in [6.07, 6.45) is 2.36. The van der Waals surface area contributed by atoms with Crippen molar-refractivity contribution in [2.45, 2.75) is 19.8 Å². The average Bonchev–Trinajstić information content (AvgIpc) is 3.02. The van der Waals surface area contributed by atoms with Gasteiger partial charge in [0.15, 0.2) is 11.4 Å². The molecule has 7 nitrogen and oxygen atoms in total. The summed E-state index contributed by atoms with van der Waals surface area (Å²) in [4.78, 5) is 24.6. The lowest BCUT2D eigenvalue weighted by molar-refractivity contribution is -0.137. The summed E-state index contributed by atoms with van der Waals surface area (Å²) in [7, 11) is 1.55. The zero-order chi connectivity index (χ0) is 17.5. The second-order valence-corrected chi connectivity index (χ2v) is 5.34. The van der Waals surface area contributed by atoms with Crippen LogP contribution in [0.15, 0.2) is 36.5 Å². The highest BCUT2D eigenvalue weighted by Gasteiger charge is 2.22. The molecule has 0 unspecified atom stereocenters. The van der Waals surface area contributed by atoms with Gasteiger partial charge in [-0.05, 0) is 18.6 Å². The molecule has 0 aliphatic heterocycles. The van der Waals surface area contributed by atoms with Gasteiger partial charge in [0.2, 0.25) is 0 Å². The van der Waals surface area contributed by atoms with Gasteiger partial charge >= 0.3 is 5.97 Å². The largest absolute Gasteiger partial charge is 0.489 e. The molecular weight excluding hydrogens is 310 g/mol. The lowest BCUT2D eigenvalue weighted by Gasteiger charge is -2.15. The number of carbonyl (C=O) groups is 2. The van der Waals surface area contributed by atoms with E-state index >= 15 is 0 Å². The van der Waals surface area contributed by atoms with Crippen LogP contribution < -0.4 is 4.74 Å². The predicted molar refractivity (Wildman–Crippen MR) is 88.6 cm³/mol. The molecule has 0 saturated heterocycles. The molecule has 0 atom stereocenters. The number of carbonyl (C=O) groups excluding carboxylic acids is 1. The van der Waals surface area contributed by atoms with E-state index in [1.807, 2.05) is 37.3 Å². The van der Waals surface area contributed by atoms with E-state index in [0.717, 1.165) is 12.1 Å². The number of carboxylic acids is 1. The summed E-state index contributed by atoms with van der Waals surface area (Å²) in [6, 6.07) is 9.40. The van der Waals surface area contributed by atoms with Gasteiger partial charge in [-0.15, -0.1) is 0 Å². The van der Waals surface area contributed by atoms with Gasteiger partial charge in [0.05, 0.1) is 24.9 Å². The minimum atomic E-state index is -0.952. The van der Waals surface area contributed by atoms with Gasteiger partial charge in [-0.25, -0.2) is 4.68 Å². The SMILES string of the molecule is CCCOc1cn(-c2ccccc2)nc1C(=O)N(C)CCC(=O)O. The molecule has 1 aromatic carbocycles. The summed E-state index contributed by atoms with van der Waals surface area (Å²) in [5, 5.41) is 13.1. The highest BCUT2D eigenvalue weighted by molar-refractivity contribution is 5.95. The maximum atomic E-state index is 12.6. The number of para-hydroxylation sites is 1. The van der Waals surface area contributed by atoms with Crippen LogP contribution >= 0.6 is 0 Å². The zero-order valence-electron chi connectivity index (χ0n) is 13.8. The maximum Gasteiger partial charge on any atom is 0.305 e. The predicted octanol–water partition coefficient (Wildman–Crippen LogP) is 2.21. The first-order valence-electron chi connectivity index (χ1n) is 7.78. The quantitative estimate of drug-likeness (QED) is 0.801. The number of carboxylic acid groups (broad SMARTS) is 1. The minimum Gasteiger partial charge on any atom is -0.489 e.